The standard InChI is InChI=1S/C28H35N5O5/c1-18-10-12-20(13-11-18)24(25(35)31-21-9-7-6-8-19(21)2)33(17-16-29)26(36)22(14-15-23(30)34)32-27(37)38-28(3,4)5/h6-13,22,24H,14-15,17H2,1-5H3,(H2,30,34)(H,31,35)(H,32,37). The zero-order chi connectivity index (χ0) is 28.5. The number of nitriles is 1. The van der Waals surface area contributed by atoms with Gasteiger partial charge in [0.1, 0.15) is 24.2 Å². The molecule has 10 heteroatoms. The lowest BCUT2D eigenvalue weighted by molar-refractivity contribution is -0.140. The van der Waals surface area contributed by atoms with Crippen LogP contribution in [0, 0.1) is 25.2 Å². The van der Waals surface area contributed by atoms with E-state index in [0.29, 0.717) is 11.3 Å². The second-order valence-corrected chi connectivity index (χ2v) is 9.95. The molecule has 0 radical (unpaired) electrons. The molecule has 202 valence electrons. The van der Waals surface area contributed by atoms with Crippen LogP contribution >= 0.6 is 0 Å². The van der Waals surface area contributed by atoms with Crippen molar-refractivity contribution in [1.29, 1.82) is 5.26 Å². The normalized spacial score (nSPS) is 12.4. The maximum absolute atomic E-state index is 13.8. The zero-order valence-electron chi connectivity index (χ0n) is 22.4. The van der Waals surface area contributed by atoms with Crippen molar-refractivity contribution in [3.63, 3.8) is 0 Å². The molecule has 2 aromatic rings. The molecule has 0 aliphatic heterocycles. The fourth-order valence-corrected chi connectivity index (χ4v) is 3.70. The molecule has 0 saturated carbocycles. The van der Waals surface area contributed by atoms with Crippen LogP contribution in [0.15, 0.2) is 48.5 Å². The molecule has 0 bridgehead atoms. The number of hydrogen-bond donors (Lipinski definition) is 3. The molecule has 2 unspecified atom stereocenters. The Hall–Kier alpha value is -4.39. The molecule has 0 aliphatic rings. The molecular formula is C28H35N5O5. The second kappa shape index (κ2) is 13.2. The quantitative estimate of drug-likeness (QED) is 0.407. The molecule has 0 spiro atoms. The van der Waals surface area contributed by atoms with Crippen LogP contribution in [0.5, 0.6) is 0 Å². The Morgan fingerprint density at radius 1 is 1.05 bits per heavy atom. The van der Waals surface area contributed by atoms with Gasteiger partial charge in [-0.3, -0.25) is 14.4 Å². The number of para-hydroxylation sites is 1. The van der Waals surface area contributed by atoms with Crippen LogP contribution < -0.4 is 16.4 Å². The van der Waals surface area contributed by atoms with Crippen LogP contribution in [0.1, 0.15) is 56.3 Å². The minimum atomic E-state index is -1.27. The van der Waals surface area contributed by atoms with Gasteiger partial charge in [0.15, 0.2) is 0 Å². The summed E-state index contributed by atoms with van der Waals surface area (Å²) < 4.78 is 5.28. The molecule has 0 aliphatic carbocycles. The Kier molecular flexibility index (Phi) is 10.4. The molecule has 4 amide bonds. The summed E-state index contributed by atoms with van der Waals surface area (Å²) in [6, 6.07) is 13.6. The van der Waals surface area contributed by atoms with E-state index < -0.39 is 48.0 Å². The van der Waals surface area contributed by atoms with Crippen LogP contribution in [0.2, 0.25) is 0 Å². The molecule has 38 heavy (non-hydrogen) atoms. The van der Waals surface area contributed by atoms with Gasteiger partial charge >= 0.3 is 6.09 Å². The number of anilines is 1. The molecule has 10 nitrogen and oxygen atoms in total. The van der Waals surface area contributed by atoms with Gasteiger partial charge in [0, 0.05) is 12.1 Å². The Balaban J connectivity index is 2.51. The SMILES string of the molecule is Cc1ccc(C(C(=O)Nc2ccccc2C)N(CC#N)C(=O)C(CCC(N)=O)NC(=O)OC(C)(C)C)cc1. The first-order valence-electron chi connectivity index (χ1n) is 12.2. The number of nitrogens with two attached hydrogens (primary N) is 1. The number of carbonyl (C=O) groups is 4. The summed E-state index contributed by atoms with van der Waals surface area (Å²) in [6.07, 6.45) is -1.24. The topological polar surface area (TPSA) is 155 Å². The summed E-state index contributed by atoms with van der Waals surface area (Å²) in [5, 5.41) is 14.9. The molecule has 0 heterocycles. The van der Waals surface area contributed by atoms with Crippen LogP contribution in [-0.2, 0) is 19.1 Å². The monoisotopic (exact) mass is 521 g/mol. The molecule has 4 N–H and O–H groups in total. The van der Waals surface area contributed by atoms with Gasteiger partial charge in [0.2, 0.25) is 11.8 Å². The highest BCUT2D eigenvalue weighted by atomic mass is 16.6. The third kappa shape index (κ3) is 8.92. The number of rotatable bonds is 10. The fraction of sp³-hybridized carbons (Fsp3) is 0.393. The minimum Gasteiger partial charge on any atom is -0.444 e. The van der Waals surface area contributed by atoms with Crippen LogP contribution in [0.3, 0.4) is 0 Å². The molecule has 0 saturated heterocycles. The summed E-state index contributed by atoms with van der Waals surface area (Å²) >= 11 is 0. The Morgan fingerprint density at radius 2 is 1.68 bits per heavy atom. The number of aryl methyl sites for hydroxylation is 2. The fourth-order valence-electron chi connectivity index (χ4n) is 3.70. The molecule has 0 aromatic heterocycles. The third-order valence-corrected chi connectivity index (χ3v) is 5.55. The summed E-state index contributed by atoms with van der Waals surface area (Å²) in [5.74, 6) is -1.95. The van der Waals surface area contributed by atoms with Gasteiger partial charge in [0.25, 0.3) is 5.91 Å². The molecule has 2 atom stereocenters. The lowest BCUT2D eigenvalue weighted by Crippen LogP contribution is -2.52. The molecular weight excluding hydrogens is 486 g/mol. The number of carbonyl (C=O) groups excluding carboxylic acids is 4. The maximum Gasteiger partial charge on any atom is 0.408 e. The number of ether oxygens (including phenoxy) is 1. The van der Waals surface area contributed by atoms with E-state index in [4.69, 9.17) is 10.5 Å². The van der Waals surface area contributed by atoms with Gasteiger partial charge in [0.05, 0.1) is 6.07 Å². The lowest BCUT2D eigenvalue weighted by Gasteiger charge is -2.33. The van der Waals surface area contributed by atoms with Crippen molar-refractivity contribution >= 4 is 29.5 Å². The molecule has 0 fully saturated rings. The molecule has 2 aromatic carbocycles. The van der Waals surface area contributed by atoms with Gasteiger partial charge in [-0.25, -0.2) is 4.79 Å². The number of alkyl carbamates (subject to hydrolysis) is 1. The van der Waals surface area contributed by atoms with E-state index >= 15 is 0 Å². The first kappa shape index (κ1) is 29.8. The first-order valence-corrected chi connectivity index (χ1v) is 12.2. The van der Waals surface area contributed by atoms with Gasteiger partial charge in [-0.1, -0.05) is 48.0 Å². The number of nitrogens with zero attached hydrogens (tertiary/aromatic N) is 2. The summed E-state index contributed by atoms with van der Waals surface area (Å²) in [7, 11) is 0. The van der Waals surface area contributed by atoms with Crippen LogP contribution in [0.4, 0.5) is 10.5 Å². The summed E-state index contributed by atoms with van der Waals surface area (Å²) in [4.78, 5) is 52.6. The maximum atomic E-state index is 13.8. The van der Waals surface area contributed by atoms with Gasteiger partial charge in [-0.2, -0.15) is 5.26 Å². The van der Waals surface area contributed by atoms with Crippen molar-refractivity contribution in [1.82, 2.24) is 10.2 Å². The second-order valence-electron chi connectivity index (χ2n) is 9.95. The minimum absolute atomic E-state index is 0.143. The number of hydrogen-bond acceptors (Lipinski definition) is 6. The van der Waals surface area contributed by atoms with Crippen LogP contribution in [0.25, 0.3) is 0 Å². The average molecular weight is 522 g/mol. The van der Waals surface area contributed by atoms with E-state index in [1.165, 1.54) is 0 Å². The van der Waals surface area contributed by atoms with E-state index in [1.54, 1.807) is 57.2 Å². The third-order valence-electron chi connectivity index (χ3n) is 5.55. The predicted molar refractivity (Wildman–Crippen MR) is 143 cm³/mol. The average Bonchev–Trinajstić information content (AvgIpc) is 2.82. The Bertz CT molecular complexity index is 1200. The first-order chi connectivity index (χ1) is 17.8. The van der Waals surface area contributed by atoms with E-state index in [9.17, 15) is 24.4 Å². The van der Waals surface area contributed by atoms with Crippen molar-refractivity contribution < 1.29 is 23.9 Å². The van der Waals surface area contributed by atoms with E-state index in [0.717, 1.165) is 16.0 Å². The molecule has 2 rings (SSSR count). The number of nitrogens with one attached hydrogen (secondary N) is 2. The summed E-state index contributed by atoms with van der Waals surface area (Å²) in [6.45, 7) is 8.25. The highest BCUT2D eigenvalue weighted by Gasteiger charge is 2.36. The van der Waals surface area contributed by atoms with Crippen molar-refractivity contribution in [3.8, 4) is 6.07 Å². The summed E-state index contributed by atoms with van der Waals surface area (Å²) in [5.41, 5.74) is 7.23. The smallest absolute Gasteiger partial charge is 0.408 e. The van der Waals surface area contributed by atoms with Crippen molar-refractivity contribution in [3.05, 3.63) is 65.2 Å². The highest BCUT2D eigenvalue weighted by molar-refractivity contribution is 5.99. The van der Waals surface area contributed by atoms with Crippen molar-refractivity contribution in [2.45, 2.75) is 65.1 Å². The van der Waals surface area contributed by atoms with Crippen molar-refractivity contribution in [2.75, 3.05) is 11.9 Å². The zero-order valence-corrected chi connectivity index (χ0v) is 22.4. The van der Waals surface area contributed by atoms with Crippen LogP contribution in [-0.4, -0.2) is 46.9 Å². The van der Waals surface area contributed by atoms with Gasteiger partial charge in [-0.15, -0.1) is 0 Å². The predicted octanol–water partition coefficient (Wildman–Crippen LogP) is 3.49. The van der Waals surface area contributed by atoms with Gasteiger partial charge in [-0.05, 0) is 58.2 Å². The highest BCUT2D eigenvalue weighted by Crippen LogP contribution is 2.26. The number of primary amides is 1. The van der Waals surface area contributed by atoms with Crippen molar-refractivity contribution in [2.24, 2.45) is 5.73 Å². The Morgan fingerprint density at radius 3 is 2.24 bits per heavy atom. The van der Waals surface area contributed by atoms with E-state index in [-0.39, 0.29) is 12.8 Å². The number of amides is 4. The lowest BCUT2D eigenvalue weighted by atomic mass is 10.00. The van der Waals surface area contributed by atoms with E-state index in [2.05, 4.69) is 10.6 Å². The largest absolute Gasteiger partial charge is 0.444 e. The van der Waals surface area contributed by atoms with Gasteiger partial charge < -0.3 is 26.0 Å². The number of benzene rings is 2. The van der Waals surface area contributed by atoms with E-state index in [1.807, 2.05) is 32.0 Å². The Labute approximate surface area is 223 Å².